The van der Waals surface area contributed by atoms with Crippen molar-refractivity contribution in [2.24, 2.45) is 11.7 Å². The molecule has 3 unspecified atom stereocenters. The van der Waals surface area contributed by atoms with E-state index in [-0.39, 0.29) is 6.04 Å². The van der Waals surface area contributed by atoms with Crippen LogP contribution in [0, 0.1) is 5.92 Å². The molecule has 0 saturated heterocycles. The Morgan fingerprint density at radius 2 is 1.84 bits per heavy atom. The number of nitrogens with two attached hydrogens (primary N) is 1. The maximum atomic E-state index is 6.07. The van der Waals surface area contributed by atoms with Gasteiger partial charge in [0.2, 0.25) is 0 Å². The van der Waals surface area contributed by atoms with Crippen LogP contribution in [0.5, 0.6) is 0 Å². The minimum Gasteiger partial charge on any atom is -0.371 e. The standard InChI is InChI=1S/C17H28N2/c1-4-16(18)14-9-11-15(12-10-14)19(3)17-8-6-5-7-13(17)2/h9-13,16-17H,4-8,18H2,1-3H3. The highest BCUT2D eigenvalue weighted by Gasteiger charge is 2.25. The van der Waals surface area contributed by atoms with Crippen molar-refractivity contribution in [2.45, 2.75) is 58.0 Å². The van der Waals surface area contributed by atoms with E-state index >= 15 is 0 Å². The third-order valence-corrected chi connectivity index (χ3v) is 4.73. The average molecular weight is 260 g/mol. The van der Waals surface area contributed by atoms with Gasteiger partial charge in [-0.25, -0.2) is 0 Å². The van der Waals surface area contributed by atoms with Crippen molar-refractivity contribution < 1.29 is 0 Å². The molecule has 1 aromatic carbocycles. The summed E-state index contributed by atoms with van der Waals surface area (Å²) in [6.07, 6.45) is 6.46. The number of hydrogen-bond acceptors (Lipinski definition) is 2. The summed E-state index contributed by atoms with van der Waals surface area (Å²) >= 11 is 0. The van der Waals surface area contributed by atoms with Gasteiger partial charge >= 0.3 is 0 Å². The molecule has 0 heterocycles. The zero-order valence-electron chi connectivity index (χ0n) is 12.6. The van der Waals surface area contributed by atoms with Crippen LogP contribution in [0.25, 0.3) is 0 Å². The Balaban J connectivity index is 2.08. The van der Waals surface area contributed by atoms with Crippen LogP contribution in [0.1, 0.15) is 57.6 Å². The number of benzene rings is 1. The zero-order valence-corrected chi connectivity index (χ0v) is 12.6. The highest BCUT2D eigenvalue weighted by atomic mass is 15.1. The molecule has 2 nitrogen and oxygen atoms in total. The van der Waals surface area contributed by atoms with Crippen molar-refractivity contribution in [1.82, 2.24) is 0 Å². The summed E-state index contributed by atoms with van der Waals surface area (Å²) in [5.74, 6) is 0.802. The second-order valence-corrected chi connectivity index (χ2v) is 6.05. The fourth-order valence-electron chi connectivity index (χ4n) is 3.26. The molecule has 1 fully saturated rings. The van der Waals surface area contributed by atoms with Gasteiger partial charge in [-0.3, -0.25) is 0 Å². The number of anilines is 1. The summed E-state index contributed by atoms with van der Waals surface area (Å²) < 4.78 is 0. The van der Waals surface area contributed by atoms with Gasteiger partial charge in [0, 0.05) is 24.8 Å². The SMILES string of the molecule is CCC(N)c1ccc(N(C)C2CCCCC2C)cc1. The average Bonchev–Trinajstić information content (AvgIpc) is 2.46. The summed E-state index contributed by atoms with van der Waals surface area (Å²) in [4.78, 5) is 2.46. The van der Waals surface area contributed by atoms with E-state index in [1.165, 1.54) is 36.9 Å². The molecule has 1 aliphatic rings. The van der Waals surface area contributed by atoms with Crippen molar-refractivity contribution in [1.29, 1.82) is 0 Å². The van der Waals surface area contributed by atoms with Gasteiger partial charge in [0.15, 0.2) is 0 Å². The highest BCUT2D eigenvalue weighted by Crippen LogP contribution is 2.30. The largest absolute Gasteiger partial charge is 0.371 e. The van der Waals surface area contributed by atoms with Crippen LogP contribution in [-0.4, -0.2) is 13.1 Å². The Morgan fingerprint density at radius 1 is 1.21 bits per heavy atom. The first-order chi connectivity index (χ1) is 9.13. The summed E-state index contributed by atoms with van der Waals surface area (Å²) in [6, 6.07) is 9.70. The zero-order chi connectivity index (χ0) is 13.8. The summed E-state index contributed by atoms with van der Waals surface area (Å²) in [7, 11) is 2.24. The lowest BCUT2D eigenvalue weighted by Gasteiger charge is -2.37. The Hall–Kier alpha value is -1.02. The van der Waals surface area contributed by atoms with Gasteiger partial charge in [-0.2, -0.15) is 0 Å². The van der Waals surface area contributed by atoms with Crippen LogP contribution < -0.4 is 10.6 Å². The van der Waals surface area contributed by atoms with E-state index < -0.39 is 0 Å². The molecule has 2 heteroatoms. The molecule has 0 spiro atoms. The molecule has 106 valence electrons. The molecule has 1 saturated carbocycles. The molecule has 19 heavy (non-hydrogen) atoms. The molecule has 1 aliphatic carbocycles. The van der Waals surface area contributed by atoms with E-state index in [4.69, 9.17) is 5.73 Å². The molecule has 0 bridgehead atoms. The maximum Gasteiger partial charge on any atom is 0.0366 e. The predicted octanol–water partition coefficient (Wildman–Crippen LogP) is 4.11. The van der Waals surface area contributed by atoms with Gasteiger partial charge in [-0.1, -0.05) is 38.8 Å². The first kappa shape index (κ1) is 14.4. The van der Waals surface area contributed by atoms with Crippen molar-refractivity contribution in [2.75, 3.05) is 11.9 Å². The monoisotopic (exact) mass is 260 g/mol. The van der Waals surface area contributed by atoms with Gasteiger partial charge in [0.1, 0.15) is 0 Å². The second kappa shape index (κ2) is 6.42. The lowest BCUT2D eigenvalue weighted by molar-refractivity contribution is 0.321. The fourth-order valence-corrected chi connectivity index (χ4v) is 3.26. The second-order valence-electron chi connectivity index (χ2n) is 6.05. The Bertz CT molecular complexity index is 385. The Morgan fingerprint density at radius 3 is 2.42 bits per heavy atom. The summed E-state index contributed by atoms with van der Waals surface area (Å²) in [6.45, 7) is 4.52. The van der Waals surface area contributed by atoms with Crippen LogP contribution >= 0.6 is 0 Å². The molecule has 2 rings (SSSR count). The normalized spacial score (nSPS) is 25.1. The number of hydrogen-bond donors (Lipinski definition) is 1. The number of nitrogens with zero attached hydrogens (tertiary/aromatic N) is 1. The molecular weight excluding hydrogens is 232 g/mol. The quantitative estimate of drug-likeness (QED) is 0.882. The van der Waals surface area contributed by atoms with Crippen molar-refractivity contribution in [3.63, 3.8) is 0 Å². The maximum absolute atomic E-state index is 6.07. The van der Waals surface area contributed by atoms with E-state index in [1.807, 2.05) is 0 Å². The fraction of sp³-hybridized carbons (Fsp3) is 0.647. The summed E-state index contributed by atoms with van der Waals surface area (Å²) in [5, 5.41) is 0. The van der Waals surface area contributed by atoms with Gasteiger partial charge in [-0.15, -0.1) is 0 Å². The van der Waals surface area contributed by atoms with Crippen molar-refractivity contribution >= 4 is 5.69 Å². The molecule has 2 N–H and O–H groups in total. The topological polar surface area (TPSA) is 29.3 Å². The van der Waals surface area contributed by atoms with Crippen LogP contribution in [0.4, 0.5) is 5.69 Å². The van der Waals surface area contributed by atoms with Gasteiger partial charge in [0.05, 0.1) is 0 Å². The van der Waals surface area contributed by atoms with Crippen LogP contribution in [-0.2, 0) is 0 Å². The van der Waals surface area contributed by atoms with E-state index in [1.54, 1.807) is 0 Å². The first-order valence-electron chi connectivity index (χ1n) is 7.71. The molecule has 1 aromatic rings. The summed E-state index contributed by atoms with van der Waals surface area (Å²) in [5.41, 5.74) is 8.64. The molecule has 0 aliphatic heterocycles. The molecule has 0 aromatic heterocycles. The predicted molar refractivity (Wildman–Crippen MR) is 83.5 cm³/mol. The number of rotatable bonds is 4. The van der Waals surface area contributed by atoms with E-state index in [0.29, 0.717) is 6.04 Å². The molecule has 0 amide bonds. The lowest BCUT2D eigenvalue weighted by atomic mass is 9.85. The minimum absolute atomic E-state index is 0.174. The smallest absolute Gasteiger partial charge is 0.0366 e. The molecule has 0 radical (unpaired) electrons. The van der Waals surface area contributed by atoms with Crippen LogP contribution in [0.15, 0.2) is 24.3 Å². The van der Waals surface area contributed by atoms with Gasteiger partial charge in [0.25, 0.3) is 0 Å². The van der Waals surface area contributed by atoms with Gasteiger partial charge < -0.3 is 10.6 Å². The van der Waals surface area contributed by atoms with E-state index in [9.17, 15) is 0 Å². The van der Waals surface area contributed by atoms with Crippen molar-refractivity contribution in [3.05, 3.63) is 29.8 Å². The third kappa shape index (κ3) is 3.30. The third-order valence-electron chi connectivity index (χ3n) is 4.73. The van der Waals surface area contributed by atoms with E-state index in [0.717, 1.165) is 12.3 Å². The van der Waals surface area contributed by atoms with Gasteiger partial charge in [-0.05, 0) is 42.9 Å². The van der Waals surface area contributed by atoms with E-state index in [2.05, 4.69) is 50.1 Å². The Kier molecular flexibility index (Phi) is 4.87. The lowest BCUT2D eigenvalue weighted by Crippen LogP contribution is -2.38. The Labute approximate surface area is 118 Å². The molecule has 3 atom stereocenters. The first-order valence-corrected chi connectivity index (χ1v) is 7.71. The minimum atomic E-state index is 0.174. The highest BCUT2D eigenvalue weighted by molar-refractivity contribution is 5.48. The molecular formula is C17H28N2. The van der Waals surface area contributed by atoms with Crippen molar-refractivity contribution in [3.8, 4) is 0 Å². The van der Waals surface area contributed by atoms with Crippen LogP contribution in [0.2, 0.25) is 0 Å². The van der Waals surface area contributed by atoms with Crippen LogP contribution in [0.3, 0.4) is 0 Å².